The van der Waals surface area contributed by atoms with E-state index in [-0.39, 0.29) is 5.92 Å². The Morgan fingerprint density at radius 2 is 2.32 bits per heavy atom. The first kappa shape index (κ1) is 12.2. The van der Waals surface area contributed by atoms with E-state index in [9.17, 15) is 9.90 Å². The molecule has 0 amide bonds. The summed E-state index contributed by atoms with van der Waals surface area (Å²) in [7, 11) is 0. The third-order valence-electron chi connectivity index (χ3n) is 3.45. The Hall–Kier alpha value is -1.88. The third kappa shape index (κ3) is 2.33. The average molecular weight is 274 g/mol. The topological polar surface area (TPSA) is 53.4 Å². The highest BCUT2D eigenvalue weighted by Crippen LogP contribution is 2.36. The summed E-state index contributed by atoms with van der Waals surface area (Å²) >= 11 is 1.63. The second kappa shape index (κ2) is 5.01. The first-order valence-electron chi connectivity index (χ1n) is 6.21. The van der Waals surface area contributed by atoms with Crippen molar-refractivity contribution in [2.75, 3.05) is 11.4 Å². The van der Waals surface area contributed by atoms with E-state index in [1.54, 1.807) is 17.5 Å². The normalized spacial score (nSPS) is 18.1. The molecule has 5 heteroatoms. The molecule has 3 rings (SSSR count). The van der Waals surface area contributed by atoms with Gasteiger partial charge < -0.3 is 10.0 Å². The van der Waals surface area contributed by atoms with Gasteiger partial charge in [0.15, 0.2) is 0 Å². The molecule has 0 aliphatic carbocycles. The minimum atomic E-state index is -0.735. The van der Waals surface area contributed by atoms with Gasteiger partial charge in [-0.1, -0.05) is 18.2 Å². The number of benzene rings is 1. The summed E-state index contributed by atoms with van der Waals surface area (Å²) in [5.74, 6) is -1.12. The molecule has 1 atom stereocenters. The van der Waals surface area contributed by atoms with Crippen molar-refractivity contribution in [3.05, 3.63) is 46.4 Å². The summed E-state index contributed by atoms with van der Waals surface area (Å²) in [5, 5.41) is 12.3. The van der Waals surface area contributed by atoms with E-state index in [1.807, 2.05) is 29.6 Å². The molecule has 19 heavy (non-hydrogen) atoms. The highest BCUT2D eigenvalue weighted by molar-refractivity contribution is 7.09. The highest BCUT2D eigenvalue weighted by Gasteiger charge is 2.29. The van der Waals surface area contributed by atoms with Crippen molar-refractivity contribution >= 4 is 23.0 Å². The number of carbonyl (C=O) groups is 1. The van der Waals surface area contributed by atoms with Crippen molar-refractivity contribution in [3.8, 4) is 0 Å². The number of para-hydroxylation sites is 1. The van der Waals surface area contributed by atoms with E-state index in [1.165, 1.54) is 0 Å². The molecule has 0 fully saturated rings. The fourth-order valence-corrected chi connectivity index (χ4v) is 3.18. The van der Waals surface area contributed by atoms with E-state index < -0.39 is 5.97 Å². The molecule has 1 N–H and O–H groups in total. The van der Waals surface area contributed by atoms with Crippen LogP contribution in [0.25, 0.3) is 0 Å². The van der Waals surface area contributed by atoms with E-state index in [0.29, 0.717) is 6.42 Å². The maximum atomic E-state index is 11.3. The van der Waals surface area contributed by atoms with Gasteiger partial charge in [0, 0.05) is 23.8 Å². The number of anilines is 1. The lowest BCUT2D eigenvalue weighted by Gasteiger charge is -2.33. The predicted molar refractivity (Wildman–Crippen MR) is 74.6 cm³/mol. The summed E-state index contributed by atoms with van der Waals surface area (Å²) in [6.45, 7) is 1.51. The summed E-state index contributed by atoms with van der Waals surface area (Å²) in [5.41, 5.74) is 1.94. The van der Waals surface area contributed by atoms with E-state index in [0.717, 1.165) is 29.3 Å². The number of nitrogens with zero attached hydrogens (tertiary/aromatic N) is 2. The monoisotopic (exact) mass is 274 g/mol. The number of rotatable bonds is 3. The summed E-state index contributed by atoms with van der Waals surface area (Å²) in [6.07, 6.45) is 2.45. The van der Waals surface area contributed by atoms with Gasteiger partial charge >= 0.3 is 5.97 Å². The Morgan fingerprint density at radius 1 is 1.47 bits per heavy atom. The molecule has 2 aromatic rings. The lowest BCUT2D eigenvalue weighted by atomic mass is 9.90. The minimum absolute atomic E-state index is 0.385. The van der Waals surface area contributed by atoms with Gasteiger partial charge in [-0.3, -0.25) is 4.79 Å². The zero-order valence-electron chi connectivity index (χ0n) is 10.3. The van der Waals surface area contributed by atoms with Crippen LogP contribution in [0.1, 0.15) is 22.9 Å². The number of carboxylic acid groups (broad SMARTS) is 1. The number of aliphatic carboxylic acids is 1. The Morgan fingerprint density at radius 3 is 3.05 bits per heavy atom. The largest absolute Gasteiger partial charge is 0.481 e. The number of fused-ring (bicyclic) bond motifs is 1. The molecule has 0 bridgehead atoms. The zero-order chi connectivity index (χ0) is 13.2. The Kier molecular flexibility index (Phi) is 3.21. The number of hydrogen-bond donors (Lipinski definition) is 1. The molecule has 1 aromatic carbocycles. The smallest absolute Gasteiger partial charge is 0.311 e. The number of carboxylic acids is 1. The molecule has 0 radical (unpaired) electrons. The van der Waals surface area contributed by atoms with Crippen LogP contribution in [0.15, 0.2) is 35.8 Å². The third-order valence-corrected chi connectivity index (χ3v) is 4.21. The van der Waals surface area contributed by atoms with Crippen molar-refractivity contribution in [1.82, 2.24) is 4.98 Å². The van der Waals surface area contributed by atoms with E-state index in [2.05, 4.69) is 9.88 Å². The summed E-state index contributed by atoms with van der Waals surface area (Å²) in [4.78, 5) is 17.8. The van der Waals surface area contributed by atoms with Crippen molar-refractivity contribution in [2.45, 2.75) is 18.9 Å². The van der Waals surface area contributed by atoms with Gasteiger partial charge in [0.2, 0.25) is 0 Å². The number of hydrogen-bond acceptors (Lipinski definition) is 4. The molecule has 98 valence electrons. The van der Waals surface area contributed by atoms with Crippen LogP contribution < -0.4 is 4.90 Å². The molecule has 0 spiro atoms. The predicted octanol–water partition coefficient (Wildman–Crippen LogP) is 2.72. The van der Waals surface area contributed by atoms with Crippen molar-refractivity contribution < 1.29 is 9.90 Å². The van der Waals surface area contributed by atoms with Crippen molar-refractivity contribution in [2.24, 2.45) is 0 Å². The van der Waals surface area contributed by atoms with E-state index in [4.69, 9.17) is 0 Å². The van der Waals surface area contributed by atoms with E-state index >= 15 is 0 Å². The molecule has 1 unspecified atom stereocenters. The zero-order valence-corrected chi connectivity index (χ0v) is 11.1. The number of thiazole rings is 1. The first-order chi connectivity index (χ1) is 9.25. The Balaban J connectivity index is 1.92. The van der Waals surface area contributed by atoms with Crippen LogP contribution in [-0.2, 0) is 11.3 Å². The SMILES string of the molecule is O=C(O)C1CCN(Cc2nccs2)c2ccccc21. The number of aromatic nitrogens is 1. The lowest BCUT2D eigenvalue weighted by molar-refractivity contribution is -0.139. The van der Waals surface area contributed by atoms with Crippen LogP contribution in [0, 0.1) is 0 Å². The van der Waals surface area contributed by atoms with Crippen LogP contribution in [-0.4, -0.2) is 22.6 Å². The average Bonchev–Trinajstić information content (AvgIpc) is 2.91. The second-order valence-corrected chi connectivity index (χ2v) is 5.56. The maximum absolute atomic E-state index is 11.3. The second-order valence-electron chi connectivity index (χ2n) is 4.59. The molecule has 1 aromatic heterocycles. The van der Waals surface area contributed by atoms with Crippen LogP contribution in [0.3, 0.4) is 0 Å². The molecule has 2 heterocycles. The molecule has 1 aliphatic rings. The molecular weight excluding hydrogens is 260 g/mol. The van der Waals surface area contributed by atoms with Gasteiger partial charge in [0.1, 0.15) is 5.01 Å². The van der Waals surface area contributed by atoms with Gasteiger partial charge in [-0.25, -0.2) is 4.98 Å². The molecule has 0 saturated carbocycles. The fourth-order valence-electron chi connectivity index (χ4n) is 2.55. The van der Waals surface area contributed by atoms with Gasteiger partial charge in [-0.15, -0.1) is 11.3 Å². The van der Waals surface area contributed by atoms with Gasteiger partial charge in [0.25, 0.3) is 0 Å². The Bertz CT molecular complexity index is 583. The quantitative estimate of drug-likeness (QED) is 0.935. The molecule has 1 aliphatic heterocycles. The minimum Gasteiger partial charge on any atom is -0.481 e. The van der Waals surface area contributed by atoms with Crippen molar-refractivity contribution in [3.63, 3.8) is 0 Å². The van der Waals surface area contributed by atoms with Crippen LogP contribution in [0.4, 0.5) is 5.69 Å². The lowest BCUT2D eigenvalue weighted by Crippen LogP contribution is -2.33. The van der Waals surface area contributed by atoms with Crippen LogP contribution in [0.2, 0.25) is 0 Å². The van der Waals surface area contributed by atoms with Crippen LogP contribution >= 0.6 is 11.3 Å². The molecule has 4 nitrogen and oxygen atoms in total. The van der Waals surface area contributed by atoms with Gasteiger partial charge in [0.05, 0.1) is 12.5 Å². The summed E-state index contributed by atoms with van der Waals surface area (Å²) < 4.78 is 0. The van der Waals surface area contributed by atoms with Gasteiger partial charge in [-0.05, 0) is 18.1 Å². The van der Waals surface area contributed by atoms with Gasteiger partial charge in [-0.2, -0.15) is 0 Å². The fraction of sp³-hybridized carbons (Fsp3) is 0.286. The highest BCUT2D eigenvalue weighted by atomic mass is 32.1. The maximum Gasteiger partial charge on any atom is 0.311 e. The summed E-state index contributed by atoms with van der Waals surface area (Å²) in [6, 6.07) is 7.78. The Labute approximate surface area is 115 Å². The first-order valence-corrected chi connectivity index (χ1v) is 7.08. The van der Waals surface area contributed by atoms with Crippen molar-refractivity contribution in [1.29, 1.82) is 0 Å². The standard InChI is InChI=1S/C14H14N2O2S/c17-14(18)11-5-7-16(9-13-15-6-8-19-13)12-4-2-1-3-10(11)12/h1-4,6,8,11H,5,7,9H2,(H,17,18). The molecule has 0 saturated heterocycles. The molecular formula is C14H14N2O2S. The van der Waals surface area contributed by atoms with Crippen LogP contribution in [0.5, 0.6) is 0 Å².